The van der Waals surface area contributed by atoms with Crippen LogP contribution in [0.4, 0.5) is 20.4 Å². The van der Waals surface area contributed by atoms with Gasteiger partial charge in [-0.3, -0.25) is 9.36 Å². The Balaban J connectivity index is 1.82. The fraction of sp³-hybridized carbons (Fsp3) is 0.364. The first-order valence-electron chi connectivity index (χ1n) is 10.3. The lowest BCUT2D eigenvalue weighted by atomic mass is 10.0. The maximum absolute atomic E-state index is 13.8. The Morgan fingerprint density at radius 1 is 1.30 bits per heavy atom. The molecule has 0 bridgehead atoms. The Morgan fingerprint density at radius 2 is 2.03 bits per heavy atom. The SMILES string of the molecule is Cc1cc(C(C)Nc2ccc(Cl)nc2C(=O)O)c2nc(N3CCC(F)(F)C3)n(C)c(=O)c2c1. The number of carboxylic acids is 1. The van der Waals surface area contributed by atoms with E-state index in [9.17, 15) is 23.5 Å². The molecule has 2 aromatic heterocycles. The van der Waals surface area contributed by atoms with Gasteiger partial charge in [-0.1, -0.05) is 17.7 Å². The number of benzene rings is 1. The number of aromatic carboxylic acids is 1. The summed E-state index contributed by atoms with van der Waals surface area (Å²) in [5.41, 5.74) is 1.46. The van der Waals surface area contributed by atoms with Crippen molar-refractivity contribution in [2.45, 2.75) is 32.2 Å². The molecule has 1 aliphatic rings. The zero-order valence-electron chi connectivity index (χ0n) is 18.2. The van der Waals surface area contributed by atoms with Gasteiger partial charge in [-0.25, -0.2) is 23.5 Å². The highest BCUT2D eigenvalue weighted by molar-refractivity contribution is 6.29. The number of carboxylic acid groups (broad SMARTS) is 1. The van der Waals surface area contributed by atoms with Crippen molar-refractivity contribution in [2.75, 3.05) is 23.3 Å². The van der Waals surface area contributed by atoms with Gasteiger partial charge in [0.1, 0.15) is 5.15 Å². The third-order valence-corrected chi connectivity index (χ3v) is 5.90. The number of anilines is 2. The lowest BCUT2D eigenvalue weighted by Crippen LogP contribution is -2.32. The summed E-state index contributed by atoms with van der Waals surface area (Å²) in [6.07, 6.45) is -0.304. The number of nitrogens with zero attached hydrogens (tertiary/aromatic N) is 4. The predicted octanol–water partition coefficient (Wildman–Crippen LogP) is 4.01. The molecule has 1 saturated heterocycles. The maximum Gasteiger partial charge on any atom is 0.356 e. The third kappa shape index (κ3) is 4.35. The average molecular weight is 478 g/mol. The molecule has 3 heterocycles. The molecule has 1 fully saturated rings. The van der Waals surface area contributed by atoms with E-state index in [1.54, 1.807) is 13.0 Å². The van der Waals surface area contributed by atoms with E-state index in [4.69, 9.17) is 11.6 Å². The van der Waals surface area contributed by atoms with Crippen LogP contribution in [0.3, 0.4) is 0 Å². The summed E-state index contributed by atoms with van der Waals surface area (Å²) in [6.45, 7) is 3.20. The second-order valence-corrected chi connectivity index (χ2v) is 8.64. The number of halogens is 3. The standard InChI is InChI=1S/C22H22ClF2N5O3/c1-11-8-13(12(2)26-15-4-5-16(23)27-18(15)20(32)33)17-14(9-11)19(31)29(3)21(28-17)30-7-6-22(24,25)10-30/h4-5,8-9,12,26H,6-7,10H2,1-3H3,(H,32,33). The molecule has 1 unspecified atom stereocenters. The van der Waals surface area contributed by atoms with E-state index in [-0.39, 0.29) is 41.0 Å². The van der Waals surface area contributed by atoms with Crippen molar-refractivity contribution in [1.82, 2.24) is 14.5 Å². The molecule has 0 amide bonds. The van der Waals surface area contributed by atoms with E-state index in [0.717, 1.165) is 5.56 Å². The fourth-order valence-electron chi connectivity index (χ4n) is 4.09. The minimum atomic E-state index is -2.84. The van der Waals surface area contributed by atoms with Gasteiger partial charge in [-0.2, -0.15) is 0 Å². The number of hydrogen-bond acceptors (Lipinski definition) is 6. The van der Waals surface area contributed by atoms with Crippen LogP contribution >= 0.6 is 11.6 Å². The first kappa shape index (κ1) is 22.9. The van der Waals surface area contributed by atoms with Crippen molar-refractivity contribution in [3.8, 4) is 0 Å². The van der Waals surface area contributed by atoms with Crippen molar-refractivity contribution < 1.29 is 18.7 Å². The highest BCUT2D eigenvalue weighted by Gasteiger charge is 2.39. The molecule has 0 aliphatic carbocycles. The van der Waals surface area contributed by atoms with Crippen molar-refractivity contribution in [3.05, 3.63) is 56.6 Å². The maximum atomic E-state index is 13.8. The molecule has 33 heavy (non-hydrogen) atoms. The van der Waals surface area contributed by atoms with Gasteiger partial charge in [0.15, 0.2) is 5.69 Å². The number of fused-ring (bicyclic) bond motifs is 1. The van der Waals surface area contributed by atoms with Crippen LogP contribution in [0.5, 0.6) is 0 Å². The number of aromatic nitrogens is 3. The zero-order chi connectivity index (χ0) is 24.1. The van der Waals surface area contributed by atoms with Gasteiger partial charge in [-0.05, 0) is 37.6 Å². The summed E-state index contributed by atoms with van der Waals surface area (Å²) >= 11 is 5.84. The van der Waals surface area contributed by atoms with Crippen molar-refractivity contribution in [3.63, 3.8) is 0 Å². The molecule has 0 radical (unpaired) electrons. The van der Waals surface area contributed by atoms with Crippen LogP contribution in [0, 0.1) is 6.92 Å². The van der Waals surface area contributed by atoms with Crippen LogP contribution in [-0.4, -0.2) is 44.6 Å². The predicted molar refractivity (Wildman–Crippen MR) is 122 cm³/mol. The molecule has 2 N–H and O–H groups in total. The summed E-state index contributed by atoms with van der Waals surface area (Å²) in [7, 11) is 1.52. The van der Waals surface area contributed by atoms with E-state index in [1.807, 2.05) is 13.0 Å². The van der Waals surface area contributed by atoms with E-state index in [0.29, 0.717) is 16.5 Å². The Bertz CT molecular complexity index is 1330. The second kappa shape index (κ2) is 8.26. The molecule has 0 saturated carbocycles. The van der Waals surface area contributed by atoms with Crippen molar-refractivity contribution >= 4 is 40.1 Å². The van der Waals surface area contributed by atoms with Crippen molar-refractivity contribution in [2.24, 2.45) is 7.05 Å². The molecule has 174 valence electrons. The number of hydrogen-bond donors (Lipinski definition) is 2. The minimum Gasteiger partial charge on any atom is -0.476 e. The summed E-state index contributed by atoms with van der Waals surface area (Å²) in [4.78, 5) is 34.6. The van der Waals surface area contributed by atoms with Gasteiger partial charge >= 0.3 is 5.97 Å². The smallest absolute Gasteiger partial charge is 0.356 e. The molecule has 11 heteroatoms. The van der Waals surface area contributed by atoms with E-state index < -0.39 is 24.5 Å². The van der Waals surface area contributed by atoms with Crippen LogP contribution in [0.2, 0.25) is 5.15 Å². The number of nitrogens with one attached hydrogen (secondary N) is 1. The number of alkyl halides is 2. The topological polar surface area (TPSA) is 100 Å². The van der Waals surface area contributed by atoms with Crippen LogP contribution in [0.15, 0.2) is 29.1 Å². The fourth-order valence-corrected chi connectivity index (χ4v) is 4.23. The molecule has 4 rings (SSSR count). The van der Waals surface area contributed by atoms with Gasteiger partial charge in [-0.15, -0.1) is 0 Å². The lowest BCUT2D eigenvalue weighted by molar-refractivity contribution is 0.0256. The van der Waals surface area contributed by atoms with Gasteiger partial charge in [0.05, 0.1) is 29.2 Å². The van der Waals surface area contributed by atoms with Gasteiger partial charge in [0.2, 0.25) is 5.95 Å². The van der Waals surface area contributed by atoms with Crippen LogP contribution in [0.25, 0.3) is 10.9 Å². The molecule has 3 aromatic rings. The Morgan fingerprint density at radius 3 is 2.67 bits per heavy atom. The Kier molecular flexibility index (Phi) is 5.73. The Labute approximate surface area is 192 Å². The molecular formula is C22H22ClF2N5O3. The largest absolute Gasteiger partial charge is 0.476 e. The van der Waals surface area contributed by atoms with Crippen LogP contribution < -0.4 is 15.8 Å². The highest BCUT2D eigenvalue weighted by atomic mass is 35.5. The summed E-state index contributed by atoms with van der Waals surface area (Å²) in [5, 5.41) is 13.0. The number of carbonyl (C=O) groups is 1. The normalized spacial score (nSPS) is 16.2. The van der Waals surface area contributed by atoms with Gasteiger partial charge < -0.3 is 15.3 Å². The monoisotopic (exact) mass is 477 g/mol. The molecule has 0 spiro atoms. The number of aryl methyl sites for hydroxylation is 1. The first-order chi connectivity index (χ1) is 15.5. The number of rotatable bonds is 5. The lowest BCUT2D eigenvalue weighted by Gasteiger charge is -2.23. The van der Waals surface area contributed by atoms with Gasteiger partial charge in [0, 0.05) is 25.6 Å². The van der Waals surface area contributed by atoms with Crippen LogP contribution in [0.1, 0.15) is 41.0 Å². The molecule has 8 nitrogen and oxygen atoms in total. The first-order valence-corrected chi connectivity index (χ1v) is 10.6. The molecule has 1 atom stereocenters. The number of pyridine rings is 1. The van der Waals surface area contributed by atoms with E-state index in [2.05, 4.69) is 15.3 Å². The highest BCUT2D eigenvalue weighted by Crippen LogP contribution is 2.32. The summed E-state index contributed by atoms with van der Waals surface area (Å²) in [6, 6.07) is 6.03. The van der Waals surface area contributed by atoms with Crippen molar-refractivity contribution in [1.29, 1.82) is 0 Å². The van der Waals surface area contributed by atoms with Crippen LogP contribution in [-0.2, 0) is 7.05 Å². The molecule has 1 aromatic carbocycles. The minimum absolute atomic E-state index is 0.0452. The zero-order valence-corrected chi connectivity index (χ0v) is 19.0. The van der Waals surface area contributed by atoms with Gasteiger partial charge in [0.25, 0.3) is 11.5 Å². The quantitative estimate of drug-likeness (QED) is 0.535. The average Bonchev–Trinajstić information content (AvgIpc) is 3.11. The molecular weight excluding hydrogens is 456 g/mol. The summed E-state index contributed by atoms with van der Waals surface area (Å²) < 4.78 is 28.9. The van der Waals surface area contributed by atoms with E-state index in [1.165, 1.54) is 28.6 Å². The third-order valence-electron chi connectivity index (χ3n) is 5.69. The second-order valence-electron chi connectivity index (χ2n) is 8.26. The molecule has 1 aliphatic heterocycles. The Hall–Kier alpha value is -3.27. The van der Waals surface area contributed by atoms with E-state index >= 15 is 0 Å². The summed E-state index contributed by atoms with van der Waals surface area (Å²) in [5.74, 6) is -3.92.